The number of carbonyl (C=O) groups excluding carboxylic acids is 1. The van der Waals surface area contributed by atoms with E-state index in [1.165, 1.54) is 6.26 Å². The van der Waals surface area contributed by atoms with Gasteiger partial charge in [-0.15, -0.1) is 0 Å². The molecule has 0 aliphatic carbocycles. The number of benzene rings is 1. The molecule has 2 aromatic rings. The van der Waals surface area contributed by atoms with Gasteiger partial charge in [0.1, 0.15) is 6.26 Å². The molecule has 1 fully saturated rings. The lowest BCUT2D eigenvalue weighted by Gasteiger charge is -2.28. The Balaban J connectivity index is 1.61. The number of rotatable bonds is 12. The standard InChI is InChI=1S/C24H36N4O5/c1-5-18(2)28(15-19-7-6-8-21(30-3)23(19)31-4)16-22-26-20(17-33-22)24(29)25-9-10-27-11-13-32-14-12-27/h6-8,17-18H,5,9-16H2,1-4H3,(H,25,29). The Hall–Kier alpha value is -2.62. The van der Waals surface area contributed by atoms with Gasteiger partial charge in [0.05, 0.1) is 34.0 Å². The summed E-state index contributed by atoms with van der Waals surface area (Å²) in [4.78, 5) is 21.5. The van der Waals surface area contributed by atoms with Crippen LogP contribution in [0.5, 0.6) is 11.5 Å². The molecule has 1 aromatic carbocycles. The van der Waals surface area contributed by atoms with E-state index in [1.807, 2.05) is 18.2 Å². The minimum Gasteiger partial charge on any atom is -0.493 e. The van der Waals surface area contributed by atoms with E-state index in [1.54, 1.807) is 14.2 Å². The lowest BCUT2D eigenvalue weighted by molar-refractivity contribution is 0.0383. The van der Waals surface area contributed by atoms with E-state index in [9.17, 15) is 4.79 Å². The van der Waals surface area contributed by atoms with E-state index in [0.29, 0.717) is 37.0 Å². The molecule has 1 aromatic heterocycles. The van der Waals surface area contributed by atoms with Crippen LogP contribution in [0.1, 0.15) is 42.2 Å². The monoisotopic (exact) mass is 460 g/mol. The van der Waals surface area contributed by atoms with Crippen LogP contribution in [0.2, 0.25) is 0 Å². The molecule has 1 aliphatic rings. The molecule has 3 rings (SSSR count). The SMILES string of the molecule is CCC(C)N(Cc1nc(C(=O)NCCN2CCOCC2)co1)Cc1cccc(OC)c1OC. The van der Waals surface area contributed by atoms with Gasteiger partial charge in [0, 0.05) is 44.3 Å². The third kappa shape index (κ3) is 6.93. The molecule has 9 heteroatoms. The predicted octanol–water partition coefficient (Wildman–Crippen LogP) is 2.55. The fraction of sp³-hybridized carbons (Fsp3) is 0.583. The van der Waals surface area contributed by atoms with E-state index >= 15 is 0 Å². The maximum atomic E-state index is 12.5. The van der Waals surface area contributed by atoms with Crippen molar-refractivity contribution in [2.45, 2.75) is 39.4 Å². The first-order valence-electron chi connectivity index (χ1n) is 11.5. The van der Waals surface area contributed by atoms with Crippen molar-refractivity contribution in [1.82, 2.24) is 20.1 Å². The molecule has 0 bridgehead atoms. The average Bonchev–Trinajstić information content (AvgIpc) is 3.32. The van der Waals surface area contributed by atoms with Gasteiger partial charge >= 0.3 is 0 Å². The molecule has 0 saturated carbocycles. The van der Waals surface area contributed by atoms with E-state index in [4.69, 9.17) is 18.6 Å². The zero-order valence-electron chi connectivity index (χ0n) is 20.1. The van der Waals surface area contributed by atoms with Gasteiger partial charge in [-0.3, -0.25) is 14.6 Å². The zero-order chi connectivity index (χ0) is 23.6. The molecule has 1 aliphatic heterocycles. The van der Waals surface area contributed by atoms with Crippen LogP contribution >= 0.6 is 0 Å². The van der Waals surface area contributed by atoms with Gasteiger partial charge in [-0.25, -0.2) is 4.98 Å². The van der Waals surface area contributed by atoms with Crippen molar-refractivity contribution >= 4 is 5.91 Å². The second-order valence-electron chi connectivity index (χ2n) is 8.15. The highest BCUT2D eigenvalue weighted by Crippen LogP contribution is 2.32. The first-order valence-corrected chi connectivity index (χ1v) is 11.5. The molecule has 1 N–H and O–H groups in total. The minimum absolute atomic E-state index is 0.220. The van der Waals surface area contributed by atoms with Crippen LogP contribution in [-0.2, 0) is 17.8 Å². The van der Waals surface area contributed by atoms with Crippen molar-refractivity contribution < 1.29 is 23.4 Å². The molecule has 1 unspecified atom stereocenters. The average molecular weight is 461 g/mol. The summed E-state index contributed by atoms with van der Waals surface area (Å²) in [5.41, 5.74) is 1.32. The predicted molar refractivity (Wildman–Crippen MR) is 125 cm³/mol. The Labute approximate surface area is 196 Å². The zero-order valence-corrected chi connectivity index (χ0v) is 20.1. The minimum atomic E-state index is -0.220. The second-order valence-corrected chi connectivity index (χ2v) is 8.15. The van der Waals surface area contributed by atoms with E-state index in [2.05, 4.69) is 33.9 Å². The Kier molecular flexibility index (Phi) is 9.53. The van der Waals surface area contributed by atoms with Crippen LogP contribution in [0, 0.1) is 0 Å². The highest BCUT2D eigenvalue weighted by Gasteiger charge is 2.21. The van der Waals surface area contributed by atoms with Gasteiger partial charge in [0.2, 0.25) is 5.89 Å². The largest absolute Gasteiger partial charge is 0.493 e. The van der Waals surface area contributed by atoms with Crippen LogP contribution in [0.3, 0.4) is 0 Å². The summed E-state index contributed by atoms with van der Waals surface area (Å²) in [6, 6.07) is 6.14. The number of methoxy groups -OCH3 is 2. The highest BCUT2D eigenvalue weighted by molar-refractivity contribution is 5.91. The van der Waals surface area contributed by atoms with Crippen molar-refractivity contribution in [3.8, 4) is 11.5 Å². The molecule has 0 radical (unpaired) electrons. The lowest BCUT2D eigenvalue weighted by atomic mass is 10.1. The molecule has 33 heavy (non-hydrogen) atoms. The highest BCUT2D eigenvalue weighted by atomic mass is 16.5. The summed E-state index contributed by atoms with van der Waals surface area (Å²) in [5, 5.41) is 2.93. The number of hydrogen-bond donors (Lipinski definition) is 1. The third-order valence-electron chi connectivity index (χ3n) is 6.01. The molecule has 1 amide bonds. The van der Waals surface area contributed by atoms with Gasteiger partial charge in [0.15, 0.2) is 17.2 Å². The van der Waals surface area contributed by atoms with Gasteiger partial charge < -0.3 is 23.9 Å². The molecule has 182 valence electrons. The molecule has 9 nitrogen and oxygen atoms in total. The van der Waals surface area contributed by atoms with Gasteiger partial charge in [-0.2, -0.15) is 0 Å². The van der Waals surface area contributed by atoms with Crippen LogP contribution < -0.4 is 14.8 Å². The first kappa shape index (κ1) is 25.0. The number of nitrogens with zero attached hydrogens (tertiary/aromatic N) is 3. The Bertz CT molecular complexity index is 881. The fourth-order valence-electron chi connectivity index (χ4n) is 3.83. The number of carbonyl (C=O) groups is 1. The van der Waals surface area contributed by atoms with E-state index < -0.39 is 0 Å². The third-order valence-corrected chi connectivity index (χ3v) is 6.01. The van der Waals surface area contributed by atoms with Crippen molar-refractivity contribution in [2.24, 2.45) is 0 Å². The Morgan fingerprint density at radius 2 is 2.03 bits per heavy atom. The quantitative estimate of drug-likeness (QED) is 0.517. The number of aromatic nitrogens is 1. The molecular formula is C24H36N4O5. The summed E-state index contributed by atoms with van der Waals surface area (Å²) in [5.74, 6) is 1.71. The number of hydrogen-bond acceptors (Lipinski definition) is 8. The van der Waals surface area contributed by atoms with Crippen molar-refractivity contribution in [1.29, 1.82) is 0 Å². The van der Waals surface area contributed by atoms with Crippen LogP contribution in [0.15, 0.2) is 28.9 Å². The summed E-state index contributed by atoms with van der Waals surface area (Å²) in [6.45, 7) is 10.1. The molecule has 0 spiro atoms. The Morgan fingerprint density at radius 3 is 2.73 bits per heavy atom. The molecule has 1 atom stereocenters. The summed E-state index contributed by atoms with van der Waals surface area (Å²) in [6.07, 6.45) is 2.39. The Morgan fingerprint density at radius 1 is 1.24 bits per heavy atom. The van der Waals surface area contributed by atoms with Crippen LogP contribution in [0.25, 0.3) is 0 Å². The summed E-state index contributed by atoms with van der Waals surface area (Å²) < 4.78 is 22.0. The number of ether oxygens (including phenoxy) is 3. The molecule has 1 saturated heterocycles. The van der Waals surface area contributed by atoms with E-state index in [0.717, 1.165) is 50.6 Å². The van der Waals surface area contributed by atoms with Crippen molar-refractivity contribution in [3.05, 3.63) is 41.6 Å². The first-order chi connectivity index (χ1) is 16.0. The number of para-hydroxylation sites is 1. The maximum absolute atomic E-state index is 12.5. The number of morpholine rings is 1. The summed E-state index contributed by atoms with van der Waals surface area (Å²) >= 11 is 0. The van der Waals surface area contributed by atoms with E-state index in [-0.39, 0.29) is 11.9 Å². The number of amides is 1. The smallest absolute Gasteiger partial charge is 0.273 e. The summed E-state index contributed by atoms with van der Waals surface area (Å²) in [7, 11) is 3.28. The lowest BCUT2D eigenvalue weighted by Crippen LogP contribution is -2.41. The normalized spacial score (nSPS) is 15.4. The molecular weight excluding hydrogens is 424 g/mol. The van der Waals surface area contributed by atoms with Crippen molar-refractivity contribution in [2.75, 3.05) is 53.6 Å². The second kappa shape index (κ2) is 12.6. The maximum Gasteiger partial charge on any atom is 0.273 e. The van der Waals surface area contributed by atoms with Gasteiger partial charge in [0.25, 0.3) is 5.91 Å². The molecule has 2 heterocycles. The number of oxazole rings is 1. The fourth-order valence-corrected chi connectivity index (χ4v) is 3.83. The van der Waals surface area contributed by atoms with Gasteiger partial charge in [-0.1, -0.05) is 19.1 Å². The number of nitrogens with one attached hydrogen (secondary N) is 1. The van der Waals surface area contributed by atoms with Crippen LogP contribution in [-0.4, -0.2) is 80.3 Å². The topological polar surface area (TPSA) is 89.3 Å². The van der Waals surface area contributed by atoms with Crippen molar-refractivity contribution in [3.63, 3.8) is 0 Å². The van der Waals surface area contributed by atoms with Crippen LogP contribution in [0.4, 0.5) is 0 Å². The van der Waals surface area contributed by atoms with Gasteiger partial charge in [-0.05, 0) is 19.4 Å².